The average molecular weight is 240 g/mol. The molecule has 4 N–H and O–H groups in total. The lowest BCUT2D eigenvalue weighted by Gasteiger charge is -2.04. The van der Waals surface area contributed by atoms with Crippen LogP contribution in [0, 0.1) is 0 Å². The van der Waals surface area contributed by atoms with E-state index < -0.39 is 12.0 Å². The van der Waals surface area contributed by atoms with Crippen molar-refractivity contribution in [2.24, 2.45) is 5.73 Å². The largest absolute Gasteiger partial charge is 0.494 e. The van der Waals surface area contributed by atoms with Crippen LogP contribution < -0.4 is 15.8 Å². The van der Waals surface area contributed by atoms with E-state index in [9.17, 15) is 4.79 Å². The molecule has 0 spiro atoms. The number of hydrogen-bond donors (Lipinski definition) is 3. The van der Waals surface area contributed by atoms with Crippen molar-refractivity contribution in [2.45, 2.75) is 13.8 Å². The van der Waals surface area contributed by atoms with Gasteiger partial charge in [0.15, 0.2) is 0 Å². The molecule has 0 heterocycles. The van der Waals surface area contributed by atoms with Crippen LogP contribution in [0.3, 0.4) is 0 Å². The Bertz CT molecular complexity index is 358. The van der Waals surface area contributed by atoms with E-state index >= 15 is 0 Å². The van der Waals surface area contributed by atoms with Crippen LogP contribution in [0.2, 0.25) is 0 Å². The summed E-state index contributed by atoms with van der Waals surface area (Å²) in [5, 5.41) is 9.87. The van der Waals surface area contributed by atoms with Crippen molar-refractivity contribution in [3.8, 4) is 5.75 Å². The van der Waals surface area contributed by atoms with Gasteiger partial charge in [0, 0.05) is 12.6 Å². The number of hydrogen-bond acceptors (Lipinski definition) is 3. The molecule has 0 saturated carbocycles. The molecule has 0 radical (unpaired) electrons. The second kappa shape index (κ2) is 7.98. The molecular weight excluding hydrogens is 224 g/mol. The van der Waals surface area contributed by atoms with Crippen molar-refractivity contribution >= 4 is 17.7 Å². The summed E-state index contributed by atoms with van der Waals surface area (Å²) in [5.74, 6) is -0.0579. The number of rotatable bonds is 3. The highest BCUT2D eigenvalue weighted by Crippen LogP contribution is 2.14. The number of nitrogens with one attached hydrogen (secondary N) is 1. The number of carboxylic acids is 1. The van der Waals surface area contributed by atoms with Crippen molar-refractivity contribution < 1.29 is 19.4 Å². The van der Waals surface area contributed by atoms with Crippen LogP contribution in [-0.4, -0.2) is 23.7 Å². The molecule has 0 aliphatic rings. The van der Waals surface area contributed by atoms with Gasteiger partial charge in [-0.3, -0.25) is 4.79 Å². The SMILES string of the molecule is CC(=O)O.CCOc1ccc(NC(N)=O)cc1. The van der Waals surface area contributed by atoms with Gasteiger partial charge in [0.1, 0.15) is 5.75 Å². The van der Waals surface area contributed by atoms with E-state index in [0.29, 0.717) is 12.3 Å². The quantitative estimate of drug-likeness (QED) is 0.747. The molecule has 1 rings (SSSR count). The average Bonchev–Trinajstić information content (AvgIpc) is 2.19. The Hall–Kier alpha value is -2.24. The van der Waals surface area contributed by atoms with Crippen LogP contribution >= 0.6 is 0 Å². The number of ether oxygens (including phenoxy) is 1. The van der Waals surface area contributed by atoms with Crippen LogP contribution in [0.5, 0.6) is 5.75 Å². The summed E-state index contributed by atoms with van der Waals surface area (Å²) in [6, 6.07) is 6.44. The number of aliphatic carboxylic acids is 1. The van der Waals surface area contributed by atoms with E-state index in [2.05, 4.69) is 5.32 Å². The predicted octanol–water partition coefficient (Wildman–Crippen LogP) is 1.67. The number of primary amides is 1. The van der Waals surface area contributed by atoms with Crippen LogP contribution in [0.1, 0.15) is 13.8 Å². The van der Waals surface area contributed by atoms with Gasteiger partial charge in [-0.15, -0.1) is 0 Å². The number of carbonyl (C=O) groups excluding carboxylic acids is 1. The molecular formula is C11H16N2O4. The summed E-state index contributed by atoms with van der Waals surface area (Å²) >= 11 is 0. The number of carboxylic acid groups (broad SMARTS) is 1. The Kier molecular flexibility index (Phi) is 6.92. The van der Waals surface area contributed by atoms with Gasteiger partial charge in [0.25, 0.3) is 5.97 Å². The maximum atomic E-state index is 10.5. The van der Waals surface area contributed by atoms with Crippen molar-refractivity contribution in [3.05, 3.63) is 24.3 Å². The second-order valence-corrected chi connectivity index (χ2v) is 2.97. The number of anilines is 1. The van der Waals surface area contributed by atoms with E-state index in [1.54, 1.807) is 24.3 Å². The lowest BCUT2D eigenvalue weighted by molar-refractivity contribution is -0.134. The zero-order valence-corrected chi connectivity index (χ0v) is 9.77. The van der Waals surface area contributed by atoms with Crippen molar-refractivity contribution in [1.29, 1.82) is 0 Å². The maximum Gasteiger partial charge on any atom is 0.316 e. The molecule has 6 nitrogen and oxygen atoms in total. The molecule has 0 aromatic heterocycles. The molecule has 2 amide bonds. The van der Waals surface area contributed by atoms with E-state index in [4.69, 9.17) is 20.4 Å². The van der Waals surface area contributed by atoms with Gasteiger partial charge >= 0.3 is 6.03 Å². The lowest BCUT2D eigenvalue weighted by Crippen LogP contribution is -2.19. The van der Waals surface area contributed by atoms with Crippen LogP contribution in [0.15, 0.2) is 24.3 Å². The van der Waals surface area contributed by atoms with Crippen molar-refractivity contribution in [3.63, 3.8) is 0 Å². The summed E-state index contributed by atoms with van der Waals surface area (Å²) < 4.78 is 5.22. The second-order valence-electron chi connectivity index (χ2n) is 2.97. The first-order chi connectivity index (χ1) is 7.95. The highest BCUT2D eigenvalue weighted by molar-refractivity contribution is 5.87. The number of urea groups is 1. The lowest BCUT2D eigenvalue weighted by atomic mass is 10.3. The zero-order valence-electron chi connectivity index (χ0n) is 9.77. The molecule has 17 heavy (non-hydrogen) atoms. The Morgan fingerprint density at radius 2 is 1.82 bits per heavy atom. The maximum absolute atomic E-state index is 10.5. The summed E-state index contributed by atoms with van der Waals surface area (Å²) in [5.41, 5.74) is 5.60. The fourth-order valence-corrected chi connectivity index (χ4v) is 0.943. The molecule has 94 valence electrons. The molecule has 0 saturated heterocycles. The fraction of sp³-hybridized carbons (Fsp3) is 0.273. The molecule has 0 fully saturated rings. The summed E-state index contributed by atoms with van der Waals surface area (Å²) in [7, 11) is 0. The third-order valence-corrected chi connectivity index (χ3v) is 1.43. The third kappa shape index (κ3) is 8.73. The highest BCUT2D eigenvalue weighted by Gasteiger charge is 1.95. The standard InChI is InChI=1S/C9H12N2O2.C2H4O2/c1-2-13-8-5-3-7(4-6-8)11-9(10)12;1-2(3)4/h3-6H,2H2,1H3,(H3,10,11,12);1H3,(H,3,4). The topological polar surface area (TPSA) is 102 Å². The minimum Gasteiger partial charge on any atom is -0.494 e. The third-order valence-electron chi connectivity index (χ3n) is 1.43. The molecule has 0 bridgehead atoms. The summed E-state index contributed by atoms with van der Waals surface area (Å²) in [6.45, 7) is 3.62. The van der Waals surface area contributed by atoms with Gasteiger partial charge < -0.3 is 20.9 Å². The number of benzene rings is 1. The van der Waals surface area contributed by atoms with Gasteiger partial charge in [-0.1, -0.05) is 0 Å². The van der Waals surface area contributed by atoms with Crippen LogP contribution in [0.25, 0.3) is 0 Å². The Morgan fingerprint density at radius 1 is 1.35 bits per heavy atom. The Balaban J connectivity index is 0.000000557. The van der Waals surface area contributed by atoms with E-state index in [1.807, 2.05) is 6.92 Å². The first kappa shape index (κ1) is 14.8. The van der Waals surface area contributed by atoms with E-state index in [1.165, 1.54) is 0 Å². The molecule has 0 atom stereocenters. The van der Waals surface area contributed by atoms with E-state index in [-0.39, 0.29) is 0 Å². The summed E-state index contributed by atoms with van der Waals surface area (Å²) in [4.78, 5) is 19.5. The normalized spacial score (nSPS) is 8.59. The smallest absolute Gasteiger partial charge is 0.316 e. The van der Waals surface area contributed by atoms with Crippen molar-refractivity contribution in [1.82, 2.24) is 0 Å². The minimum absolute atomic E-state index is 0.566. The Morgan fingerprint density at radius 3 is 2.18 bits per heavy atom. The van der Waals surface area contributed by atoms with Gasteiger partial charge in [-0.05, 0) is 31.2 Å². The zero-order chi connectivity index (χ0) is 13.3. The number of carbonyl (C=O) groups is 2. The predicted molar refractivity (Wildman–Crippen MR) is 64.1 cm³/mol. The molecule has 0 aliphatic carbocycles. The monoisotopic (exact) mass is 240 g/mol. The highest BCUT2D eigenvalue weighted by atomic mass is 16.5. The Labute approximate surface area is 99.4 Å². The van der Waals surface area contributed by atoms with Crippen molar-refractivity contribution in [2.75, 3.05) is 11.9 Å². The minimum atomic E-state index is -0.833. The number of amides is 2. The molecule has 6 heteroatoms. The molecule has 0 aliphatic heterocycles. The van der Waals surface area contributed by atoms with Gasteiger partial charge in [-0.2, -0.15) is 0 Å². The fourth-order valence-electron chi connectivity index (χ4n) is 0.943. The first-order valence-electron chi connectivity index (χ1n) is 4.94. The number of nitrogens with two attached hydrogens (primary N) is 1. The molecule has 1 aromatic carbocycles. The van der Waals surface area contributed by atoms with Crippen LogP contribution in [0.4, 0.5) is 10.5 Å². The molecule has 0 unspecified atom stereocenters. The van der Waals surface area contributed by atoms with Gasteiger partial charge in [0.2, 0.25) is 0 Å². The molecule has 1 aromatic rings. The van der Waals surface area contributed by atoms with E-state index in [0.717, 1.165) is 12.7 Å². The van der Waals surface area contributed by atoms with Gasteiger partial charge in [0.05, 0.1) is 6.61 Å². The first-order valence-corrected chi connectivity index (χ1v) is 4.94. The van der Waals surface area contributed by atoms with Gasteiger partial charge in [-0.25, -0.2) is 4.79 Å². The van der Waals surface area contributed by atoms with Crippen LogP contribution in [-0.2, 0) is 4.79 Å². The summed E-state index contributed by atoms with van der Waals surface area (Å²) in [6.07, 6.45) is 0.